The van der Waals surface area contributed by atoms with E-state index in [1.807, 2.05) is 0 Å². The number of halogens is 1. The quantitative estimate of drug-likeness (QED) is 0.867. The molecule has 1 aromatic carbocycles. The largest absolute Gasteiger partial charge is 0.451 e. The van der Waals surface area contributed by atoms with Gasteiger partial charge in [0, 0.05) is 19.4 Å². The second-order valence-electron chi connectivity index (χ2n) is 4.21. The molecule has 0 unspecified atom stereocenters. The van der Waals surface area contributed by atoms with Crippen LogP contribution in [0.2, 0.25) is 0 Å². The normalized spacial score (nSPS) is 10.4. The SMILES string of the molecule is O=C(CCc1cocn1)NCCc1ccc(F)cc1. The molecule has 100 valence electrons. The molecule has 2 rings (SSSR count). The molecular weight excluding hydrogens is 247 g/mol. The van der Waals surface area contributed by atoms with Crippen LogP contribution in [0.4, 0.5) is 4.39 Å². The van der Waals surface area contributed by atoms with Gasteiger partial charge in [-0.2, -0.15) is 0 Å². The van der Waals surface area contributed by atoms with Crippen molar-refractivity contribution in [2.75, 3.05) is 6.54 Å². The highest BCUT2D eigenvalue weighted by molar-refractivity contribution is 5.76. The van der Waals surface area contributed by atoms with Crippen LogP contribution in [-0.4, -0.2) is 17.4 Å². The monoisotopic (exact) mass is 262 g/mol. The van der Waals surface area contributed by atoms with Crippen LogP contribution in [0.15, 0.2) is 41.3 Å². The molecule has 0 aliphatic carbocycles. The average Bonchev–Trinajstić information content (AvgIpc) is 2.92. The van der Waals surface area contributed by atoms with Gasteiger partial charge in [0.05, 0.1) is 5.69 Å². The van der Waals surface area contributed by atoms with Gasteiger partial charge in [0.25, 0.3) is 0 Å². The zero-order valence-corrected chi connectivity index (χ0v) is 10.4. The van der Waals surface area contributed by atoms with E-state index in [1.54, 1.807) is 12.1 Å². The van der Waals surface area contributed by atoms with Crippen molar-refractivity contribution in [3.05, 3.63) is 54.0 Å². The third kappa shape index (κ3) is 4.54. The second kappa shape index (κ2) is 6.68. The topological polar surface area (TPSA) is 55.1 Å². The van der Waals surface area contributed by atoms with Crippen molar-refractivity contribution in [2.45, 2.75) is 19.3 Å². The van der Waals surface area contributed by atoms with Gasteiger partial charge in [-0.3, -0.25) is 4.79 Å². The number of oxazole rings is 1. The number of nitrogens with zero attached hydrogens (tertiary/aromatic N) is 1. The van der Waals surface area contributed by atoms with Gasteiger partial charge >= 0.3 is 0 Å². The lowest BCUT2D eigenvalue weighted by Crippen LogP contribution is -2.25. The van der Waals surface area contributed by atoms with Crippen LogP contribution in [0.25, 0.3) is 0 Å². The van der Waals surface area contributed by atoms with E-state index in [-0.39, 0.29) is 11.7 Å². The number of carbonyl (C=O) groups excluding carboxylic acids is 1. The Balaban J connectivity index is 1.65. The summed E-state index contributed by atoms with van der Waals surface area (Å²) in [6.07, 6.45) is 4.53. The average molecular weight is 262 g/mol. The number of hydrogen-bond acceptors (Lipinski definition) is 3. The van der Waals surface area contributed by atoms with Gasteiger partial charge in [-0.25, -0.2) is 9.37 Å². The maximum atomic E-state index is 12.7. The van der Waals surface area contributed by atoms with Crippen molar-refractivity contribution in [1.29, 1.82) is 0 Å². The van der Waals surface area contributed by atoms with Crippen LogP contribution in [0, 0.1) is 5.82 Å². The van der Waals surface area contributed by atoms with E-state index in [1.165, 1.54) is 24.8 Å². The van der Waals surface area contributed by atoms with Gasteiger partial charge in [0.1, 0.15) is 12.1 Å². The molecule has 4 nitrogen and oxygen atoms in total. The fourth-order valence-electron chi connectivity index (χ4n) is 1.69. The van der Waals surface area contributed by atoms with Gasteiger partial charge in [0.2, 0.25) is 5.91 Å². The molecule has 0 radical (unpaired) electrons. The predicted molar refractivity (Wildman–Crippen MR) is 67.9 cm³/mol. The molecule has 0 atom stereocenters. The molecule has 2 aromatic rings. The Morgan fingerprint density at radius 2 is 2.05 bits per heavy atom. The number of aromatic nitrogens is 1. The third-order valence-electron chi connectivity index (χ3n) is 2.74. The zero-order valence-electron chi connectivity index (χ0n) is 10.4. The predicted octanol–water partition coefficient (Wildman–Crippen LogP) is 2.11. The molecule has 5 heteroatoms. The lowest BCUT2D eigenvalue weighted by atomic mass is 10.1. The summed E-state index contributed by atoms with van der Waals surface area (Å²) in [5.41, 5.74) is 1.77. The Hall–Kier alpha value is -2.17. The van der Waals surface area contributed by atoms with E-state index < -0.39 is 0 Å². The summed E-state index contributed by atoms with van der Waals surface area (Å²) in [5.74, 6) is -0.273. The fourth-order valence-corrected chi connectivity index (χ4v) is 1.69. The van der Waals surface area contributed by atoms with Crippen LogP contribution in [0.1, 0.15) is 17.7 Å². The second-order valence-corrected chi connectivity index (χ2v) is 4.21. The summed E-state index contributed by atoms with van der Waals surface area (Å²) in [6.45, 7) is 0.545. The molecule has 1 amide bonds. The van der Waals surface area contributed by atoms with Crippen molar-refractivity contribution in [3.63, 3.8) is 0 Å². The molecule has 0 aliphatic heterocycles. The zero-order chi connectivity index (χ0) is 13.5. The molecule has 0 fully saturated rings. The summed E-state index contributed by atoms with van der Waals surface area (Å²) in [5, 5.41) is 2.82. The Kier molecular flexibility index (Phi) is 4.66. The first kappa shape index (κ1) is 13.3. The smallest absolute Gasteiger partial charge is 0.220 e. The Morgan fingerprint density at radius 3 is 2.74 bits per heavy atom. The molecule has 1 heterocycles. The molecule has 0 spiro atoms. The summed E-state index contributed by atoms with van der Waals surface area (Å²) < 4.78 is 17.5. The van der Waals surface area contributed by atoms with E-state index >= 15 is 0 Å². The van der Waals surface area contributed by atoms with Gasteiger partial charge in [-0.15, -0.1) is 0 Å². The van der Waals surface area contributed by atoms with Gasteiger partial charge in [-0.05, 0) is 24.1 Å². The maximum absolute atomic E-state index is 12.7. The van der Waals surface area contributed by atoms with E-state index in [9.17, 15) is 9.18 Å². The third-order valence-corrected chi connectivity index (χ3v) is 2.74. The molecule has 0 bridgehead atoms. The summed E-state index contributed by atoms with van der Waals surface area (Å²) in [7, 11) is 0. The number of amides is 1. The lowest BCUT2D eigenvalue weighted by Gasteiger charge is -2.04. The first-order valence-electron chi connectivity index (χ1n) is 6.12. The first-order chi connectivity index (χ1) is 9.24. The highest BCUT2D eigenvalue weighted by atomic mass is 19.1. The number of rotatable bonds is 6. The summed E-state index contributed by atoms with van der Waals surface area (Å²) in [6, 6.07) is 6.28. The highest BCUT2D eigenvalue weighted by Gasteiger charge is 2.03. The van der Waals surface area contributed by atoms with E-state index in [2.05, 4.69) is 10.3 Å². The van der Waals surface area contributed by atoms with Gasteiger partial charge < -0.3 is 9.73 Å². The van der Waals surface area contributed by atoms with Crippen LogP contribution in [0.5, 0.6) is 0 Å². The van der Waals surface area contributed by atoms with Crippen LogP contribution in [-0.2, 0) is 17.6 Å². The molecular formula is C14H15FN2O2. The standard InChI is InChI=1S/C14H15FN2O2/c15-12-3-1-11(2-4-12)7-8-16-14(18)6-5-13-9-19-10-17-13/h1-4,9-10H,5-8H2,(H,16,18). The van der Waals surface area contributed by atoms with Crippen LogP contribution < -0.4 is 5.32 Å². The number of nitrogens with one attached hydrogen (secondary N) is 1. The number of hydrogen-bond donors (Lipinski definition) is 1. The molecule has 0 saturated heterocycles. The van der Waals surface area contributed by atoms with Gasteiger partial charge in [-0.1, -0.05) is 12.1 Å². The first-order valence-corrected chi connectivity index (χ1v) is 6.12. The van der Waals surface area contributed by atoms with Gasteiger partial charge in [0.15, 0.2) is 6.39 Å². The van der Waals surface area contributed by atoms with Crippen LogP contribution >= 0.6 is 0 Å². The number of carbonyl (C=O) groups is 1. The minimum atomic E-state index is -0.250. The Morgan fingerprint density at radius 1 is 1.26 bits per heavy atom. The number of benzene rings is 1. The maximum Gasteiger partial charge on any atom is 0.220 e. The number of aryl methyl sites for hydroxylation is 1. The molecule has 1 aromatic heterocycles. The van der Waals surface area contributed by atoms with Crippen molar-refractivity contribution < 1.29 is 13.6 Å². The van der Waals surface area contributed by atoms with Crippen LogP contribution in [0.3, 0.4) is 0 Å². The lowest BCUT2D eigenvalue weighted by molar-refractivity contribution is -0.121. The Bertz CT molecular complexity index is 509. The summed E-state index contributed by atoms with van der Waals surface area (Å²) in [4.78, 5) is 15.5. The van der Waals surface area contributed by atoms with E-state index in [4.69, 9.17) is 4.42 Å². The molecule has 19 heavy (non-hydrogen) atoms. The minimum absolute atomic E-state index is 0.0230. The fraction of sp³-hybridized carbons (Fsp3) is 0.286. The van der Waals surface area contributed by atoms with Crippen molar-refractivity contribution in [3.8, 4) is 0 Å². The van der Waals surface area contributed by atoms with E-state index in [0.29, 0.717) is 25.8 Å². The Labute approximate surface area is 110 Å². The molecule has 1 N–H and O–H groups in total. The van der Waals surface area contributed by atoms with Crippen molar-refractivity contribution in [2.24, 2.45) is 0 Å². The van der Waals surface area contributed by atoms with Crippen molar-refractivity contribution in [1.82, 2.24) is 10.3 Å². The minimum Gasteiger partial charge on any atom is -0.451 e. The molecule has 0 saturated carbocycles. The molecule has 0 aliphatic rings. The van der Waals surface area contributed by atoms with E-state index in [0.717, 1.165) is 11.3 Å². The summed E-state index contributed by atoms with van der Waals surface area (Å²) >= 11 is 0. The van der Waals surface area contributed by atoms with Crippen molar-refractivity contribution >= 4 is 5.91 Å². The highest BCUT2D eigenvalue weighted by Crippen LogP contribution is 2.03.